The van der Waals surface area contributed by atoms with Crippen molar-refractivity contribution in [3.8, 4) is 5.75 Å². The first-order valence-electron chi connectivity index (χ1n) is 11.8. The number of nitrogens with one attached hydrogen (secondary N) is 2. The second kappa shape index (κ2) is 13.4. The number of rotatable bonds is 12. The summed E-state index contributed by atoms with van der Waals surface area (Å²) in [5.74, 6) is 4.45. The minimum atomic E-state index is -4.55. The van der Waals surface area contributed by atoms with Gasteiger partial charge in [-0.2, -0.15) is 13.2 Å². The summed E-state index contributed by atoms with van der Waals surface area (Å²) >= 11 is 0. The number of nitrogens with zero attached hydrogens (tertiary/aromatic N) is 5. The zero-order valence-corrected chi connectivity index (χ0v) is 21.0. The van der Waals surface area contributed by atoms with Crippen LogP contribution >= 0.6 is 0 Å². The number of nitrogens with two attached hydrogens (primary N) is 2. The number of hydrazine groups is 1. The standard InChI is InChI=1S/C24H27F4N9O3/c25-17(5-7-37-14-21(34-35-37)23(40)32-10-15-2-1-3-19(38)8-15)12-36(30)13-20(29)22(39)33-11-18-9-16(4-6-31-18)24(26,27)28/h1-4,6,8-9,13-14,17,38H,5,7,10-12,29-30H2,(H,32,40)(H,33,39)/b20-13-. The van der Waals surface area contributed by atoms with E-state index in [4.69, 9.17) is 11.6 Å². The van der Waals surface area contributed by atoms with E-state index in [2.05, 4.69) is 25.9 Å². The van der Waals surface area contributed by atoms with Crippen molar-refractivity contribution in [3.63, 3.8) is 0 Å². The van der Waals surface area contributed by atoms with Gasteiger partial charge in [0.1, 0.15) is 17.6 Å². The van der Waals surface area contributed by atoms with E-state index in [0.29, 0.717) is 5.56 Å². The van der Waals surface area contributed by atoms with Crippen molar-refractivity contribution < 1.29 is 32.3 Å². The maximum atomic E-state index is 14.4. The second-order valence-corrected chi connectivity index (χ2v) is 8.60. The minimum absolute atomic E-state index is 0.0260. The van der Waals surface area contributed by atoms with Crippen molar-refractivity contribution in [2.45, 2.75) is 38.4 Å². The normalized spacial score (nSPS) is 12.6. The van der Waals surface area contributed by atoms with Gasteiger partial charge in [-0.3, -0.25) is 19.3 Å². The highest BCUT2D eigenvalue weighted by atomic mass is 19.4. The number of halogens is 4. The predicted molar refractivity (Wildman–Crippen MR) is 133 cm³/mol. The van der Waals surface area contributed by atoms with E-state index in [1.165, 1.54) is 23.0 Å². The fraction of sp³-hybridized carbons (Fsp3) is 0.292. The molecule has 0 spiro atoms. The van der Waals surface area contributed by atoms with Crippen LogP contribution in [0.15, 0.2) is 60.7 Å². The molecular formula is C24H27F4N9O3. The largest absolute Gasteiger partial charge is 0.508 e. The third-order valence-corrected chi connectivity index (χ3v) is 5.36. The van der Waals surface area contributed by atoms with Crippen LogP contribution < -0.4 is 22.2 Å². The Kier molecular flexibility index (Phi) is 9.97. The Morgan fingerprint density at radius 2 is 1.95 bits per heavy atom. The fourth-order valence-corrected chi connectivity index (χ4v) is 3.36. The Morgan fingerprint density at radius 1 is 1.18 bits per heavy atom. The van der Waals surface area contributed by atoms with Crippen LogP contribution in [-0.2, 0) is 30.6 Å². The van der Waals surface area contributed by atoms with E-state index in [0.717, 1.165) is 29.5 Å². The molecule has 40 heavy (non-hydrogen) atoms. The molecule has 1 unspecified atom stereocenters. The molecule has 0 aliphatic rings. The predicted octanol–water partition coefficient (Wildman–Crippen LogP) is 1.35. The van der Waals surface area contributed by atoms with Crippen molar-refractivity contribution in [2.24, 2.45) is 11.6 Å². The number of aryl methyl sites for hydroxylation is 1. The average molecular weight is 566 g/mol. The number of benzene rings is 1. The van der Waals surface area contributed by atoms with Crippen LogP contribution in [0.1, 0.15) is 33.7 Å². The summed E-state index contributed by atoms with van der Waals surface area (Å²) in [6, 6.07) is 7.99. The molecule has 0 aliphatic heterocycles. The third-order valence-electron chi connectivity index (χ3n) is 5.36. The maximum absolute atomic E-state index is 14.4. The Bertz CT molecular complexity index is 1350. The number of aromatic hydroxyl groups is 1. The maximum Gasteiger partial charge on any atom is 0.416 e. The van der Waals surface area contributed by atoms with Crippen molar-refractivity contribution >= 4 is 11.8 Å². The van der Waals surface area contributed by atoms with Crippen LogP contribution in [-0.4, -0.2) is 54.6 Å². The Morgan fingerprint density at radius 3 is 2.67 bits per heavy atom. The third kappa shape index (κ3) is 9.23. The van der Waals surface area contributed by atoms with Gasteiger partial charge in [-0.15, -0.1) is 5.10 Å². The molecule has 16 heteroatoms. The number of carbonyl (C=O) groups is 2. The molecule has 1 atom stereocenters. The molecule has 0 saturated heterocycles. The summed E-state index contributed by atoms with van der Waals surface area (Å²) < 4.78 is 54.1. The van der Waals surface area contributed by atoms with Gasteiger partial charge < -0.3 is 26.5 Å². The van der Waals surface area contributed by atoms with Crippen LogP contribution in [0.3, 0.4) is 0 Å². The van der Waals surface area contributed by atoms with Crippen LogP contribution in [0.5, 0.6) is 5.75 Å². The van der Waals surface area contributed by atoms with E-state index in [1.54, 1.807) is 12.1 Å². The lowest BCUT2D eigenvalue weighted by Gasteiger charge is -2.17. The Labute approximate surface area is 225 Å². The van der Waals surface area contributed by atoms with Crippen molar-refractivity contribution in [1.29, 1.82) is 0 Å². The molecule has 2 aromatic heterocycles. The average Bonchev–Trinajstić information content (AvgIpc) is 3.38. The Hall–Kier alpha value is -4.73. The van der Waals surface area contributed by atoms with Gasteiger partial charge in [0.15, 0.2) is 5.69 Å². The topological polar surface area (TPSA) is 177 Å². The monoisotopic (exact) mass is 565 g/mol. The number of carbonyl (C=O) groups excluding carboxylic acids is 2. The number of alkyl halides is 4. The summed E-state index contributed by atoms with van der Waals surface area (Å²) in [4.78, 5) is 28.2. The molecule has 0 bridgehead atoms. The van der Waals surface area contributed by atoms with Gasteiger partial charge in [0.2, 0.25) is 0 Å². The van der Waals surface area contributed by atoms with Gasteiger partial charge in [-0.05, 0) is 29.8 Å². The minimum Gasteiger partial charge on any atom is -0.508 e. The van der Waals surface area contributed by atoms with Crippen LogP contribution in [0.4, 0.5) is 17.6 Å². The van der Waals surface area contributed by atoms with Gasteiger partial charge in [0.25, 0.3) is 11.8 Å². The summed E-state index contributed by atoms with van der Waals surface area (Å²) in [7, 11) is 0. The van der Waals surface area contributed by atoms with Crippen molar-refractivity contribution in [1.82, 2.24) is 35.6 Å². The van der Waals surface area contributed by atoms with Gasteiger partial charge in [0.05, 0.1) is 30.5 Å². The molecule has 0 radical (unpaired) electrons. The lowest BCUT2D eigenvalue weighted by atomic mass is 10.2. The lowest BCUT2D eigenvalue weighted by molar-refractivity contribution is -0.137. The zero-order chi connectivity index (χ0) is 29.3. The molecule has 3 aromatic rings. The highest BCUT2D eigenvalue weighted by Crippen LogP contribution is 2.28. The first-order valence-corrected chi connectivity index (χ1v) is 11.8. The van der Waals surface area contributed by atoms with E-state index in [-0.39, 0.29) is 55.4 Å². The van der Waals surface area contributed by atoms with Crippen LogP contribution in [0.25, 0.3) is 0 Å². The molecule has 2 heterocycles. The molecule has 214 valence electrons. The molecule has 1 aromatic carbocycles. The summed E-state index contributed by atoms with van der Waals surface area (Å²) in [5.41, 5.74) is 5.04. The number of aromatic nitrogens is 4. The van der Waals surface area contributed by atoms with E-state index < -0.39 is 29.7 Å². The summed E-state index contributed by atoms with van der Waals surface area (Å²) in [6.45, 7) is -0.419. The SMILES string of the molecule is N/C(=C\N(N)CC(F)CCn1cc(C(=O)NCc2cccc(O)c2)nn1)C(=O)NCc1cc(C(F)(F)F)ccn1. The fourth-order valence-electron chi connectivity index (χ4n) is 3.36. The first kappa shape index (κ1) is 29.8. The smallest absolute Gasteiger partial charge is 0.416 e. The molecular weight excluding hydrogens is 538 g/mol. The number of phenolic OH excluding ortho intramolecular Hbond substituents is 1. The second-order valence-electron chi connectivity index (χ2n) is 8.60. The number of pyridine rings is 1. The van der Waals surface area contributed by atoms with Crippen molar-refractivity contribution in [2.75, 3.05) is 6.54 Å². The molecule has 0 aliphatic carbocycles. The lowest BCUT2D eigenvalue weighted by Crippen LogP contribution is -2.36. The van der Waals surface area contributed by atoms with Crippen molar-refractivity contribution in [3.05, 3.63) is 83.2 Å². The molecule has 0 fully saturated rings. The van der Waals surface area contributed by atoms with Gasteiger partial charge in [-0.25, -0.2) is 10.2 Å². The van der Waals surface area contributed by atoms with Gasteiger partial charge in [-0.1, -0.05) is 17.3 Å². The molecule has 7 N–H and O–H groups in total. The number of phenols is 1. The number of amides is 2. The van der Waals surface area contributed by atoms with E-state index in [1.807, 2.05) is 0 Å². The zero-order valence-electron chi connectivity index (χ0n) is 21.0. The highest BCUT2D eigenvalue weighted by molar-refractivity contribution is 5.92. The highest BCUT2D eigenvalue weighted by Gasteiger charge is 2.30. The number of hydrogen-bond donors (Lipinski definition) is 5. The van der Waals surface area contributed by atoms with Crippen LogP contribution in [0, 0.1) is 0 Å². The van der Waals surface area contributed by atoms with E-state index in [9.17, 15) is 32.3 Å². The molecule has 3 rings (SSSR count). The number of hydrogen-bond acceptors (Lipinski definition) is 9. The molecule has 0 saturated carbocycles. The van der Waals surface area contributed by atoms with E-state index >= 15 is 0 Å². The molecule has 12 nitrogen and oxygen atoms in total. The van der Waals surface area contributed by atoms with Gasteiger partial charge >= 0.3 is 6.18 Å². The van der Waals surface area contributed by atoms with Crippen LogP contribution in [0.2, 0.25) is 0 Å². The Balaban J connectivity index is 1.41. The summed E-state index contributed by atoms with van der Waals surface area (Å²) in [6.07, 6.45) is -2.76. The quantitative estimate of drug-likeness (QED) is 0.0939. The summed E-state index contributed by atoms with van der Waals surface area (Å²) in [5, 5.41) is 22.9. The molecule has 2 amide bonds. The van der Waals surface area contributed by atoms with Gasteiger partial charge in [0, 0.05) is 31.9 Å². The first-order chi connectivity index (χ1) is 18.9.